The smallest absolute Gasteiger partial charge is 0.339 e. The predicted octanol–water partition coefficient (Wildman–Crippen LogP) is 0.793. The summed E-state index contributed by atoms with van der Waals surface area (Å²) in [4.78, 5) is 36.2. The minimum atomic E-state index is -1.92. The summed E-state index contributed by atoms with van der Waals surface area (Å²) in [6.07, 6.45) is 0. The van der Waals surface area contributed by atoms with E-state index in [1.807, 2.05) is 0 Å². The molecule has 0 spiro atoms. The van der Waals surface area contributed by atoms with Crippen molar-refractivity contribution >= 4 is 34.9 Å². The average Bonchev–Trinajstić information content (AvgIpc) is 2.62. The molecule has 1 aromatic carbocycles. The molecule has 0 saturated heterocycles. The van der Waals surface area contributed by atoms with E-state index >= 15 is 0 Å². The molecule has 0 aliphatic carbocycles. The van der Waals surface area contributed by atoms with Crippen LogP contribution in [0.3, 0.4) is 0 Å². The first-order valence-electron chi connectivity index (χ1n) is 5.74. The van der Waals surface area contributed by atoms with E-state index in [0.29, 0.717) is 5.02 Å². The second kappa shape index (κ2) is 4.88. The van der Waals surface area contributed by atoms with Crippen molar-refractivity contribution in [3.05, 3.63) is 28.8 Å². The molecule has 1 heterocycles. The van der Waals surface area contributed by atoms with Gasteiger partial charge >= 0.3 is 5.97 Å². The fourth-order valence-corrected chi connectivity index (χ4v) is 2.18. The highest BCUT2D eigenvalue weighted by Crippen LogP contribution is 2.32. The van der Waals surface area contributed by atoms with Crippen molar-refractivity contribution in [3.63, 3.8) is 0 Å². The Morgan fingerprint density at radius 1 is 1.45 bits per heavy atom. The van der Waals surface area contributed by atoms with Crippen LogP contribution in [0.5, 0.6) is 0 Å². The maximum absolute atomic E-state index is 11.9. The van der Waals surface area contributed by atoms with Crippen LogP contribution in [0.1, 0.15) is 17.3 Å². The molecule has 1 amide bonds. The van der Waals surface area contributed by atoms with Crippen molar-refractivity contribution in [2.45, 2.75) is 12.5 Å². The van der Waals surface area contributed by atoms with Gasteiger partial charge in [0.25, 0.3) is 11.7 Å². The van der Waals surface area contributed by atoms with Gasteiger partial charge in [-0.1, -0.05) is 11.6 Å². The monoisotopic (exact) mass is 297 g/mol. The lowest BCUT2D eigenvalue weighted by atomic mass is 10.1. The second-order valence-corrected chi connectivity index (χ2v) is 5.08. The number of methoxy groups -OCH3 is 1. The number of aliphatic hydroxyl groups is 1. The molecule has 1 atom stereocenters. The van der Waals surface area contributed by atoms with Crippen LogP contribution in [0.15, 0.2) is 18.2 Å². The zero-order valence-corrected chi connectivity index (χ0v) is 11.6. The summed E-state index contributed by atoms with van der Waals surface area (Å²) in [6, 6.07) is 4.37. The van der Waals surface area contributed by atoms with E-state index in [4.69, 9.17) is 11.6 Å². The Balaban J connectivity index is 2.39. The van der Waals surface area contributed by atoms with E-state index in [-0.39, 0.29) is 11.3 Å². The quantitative estimate of drug-likeness (QED) is 0.659. The predicted molar refractivity (Wildman–Crippen MR) is 70.8 cm³/mol. The fourth-order valence-electron chi connectivity index (χ4n) is 2.02. The number of amides is 1. The van der Waals surface area contributed by atoms with Crippen molar-refractivity contribution in [3.8, 4) is 0 Å². The Morgan fingerprint density at radius 3 is 2.70 bits per heavy atom. The molecule has 1 N–H and O–H groups in total. The van der Waals surface area contributed by atoms with Crippen molar-refractivity contribution < 1.29 is 24.2 Å². The zero-order valence-electron chi connectivity index (χ0n) is 10.8. The Morgan fingerprint density at radius 2 is 2.10 bits per heavy atom. The number of carbonyl (C=O) groups excluding carboxylic acids is 3. The Bertz CT molecular complexity index is 611. The topological polar surface area (TPSA) is 83.9 Å². The molecule has 0 radical (unpaired) electrons. The van der Waals surface area contributed by atoms with Gasteiger partial charge < -0.3 is 14.7 Å². The molecule has 7 heteroatoms. The van der Waals surface area contributed by atoms with Crippen LogP contribution in [-0.4, -0.2) is 42.0 Å². The Labute approximate surface area is 119 Å². The van der Waals surface area contributed by atoms with Crippen molar-refractivity contribution in [1.29, 1.82) is 0 Å². The molecule has 2 rings (SSSR count). The summed E-state index contributed by atoms with van der Waals surface area (Å²) >= 11 is 5.84. The van der Waals surface area contributed by atoms with Crippen LogP contribution < -0.4 is 4.90 Å². The third kappa shape index (κ3) is 2.28. The first-order valence-corrected chi connectivity index (χ1v) is 6.12. The van der Waals surface area contributed by atoms with E-state index in [9.17, 15) is 19.5 Å². The van der Waals surface area contributed by atoms with Crippen LogP contribution in [0.4, 0.5) is 5.69 Å². The summed E-state index contributed by atoms with van der Waals surface area (Å²) < 4.78 is 4.46. The summed E-state index contributed by atoms with van der Waals surface area (Å²) in [5, 5.41) is 10.4. The average molecular weight is 298 g/mol. The van der Waals surface area contributed by atoms with E-state index in [2.05, 4.69) is 4.74 Å². The number of ketones is 1. The van der Waals surface area contributed by atoms with E-state index in [1.54, 1.807) is 0 Å². The Hall–Kier alpha value is -1.92. The molecule has 1 unspecified atom stereocenters. The van der Waals surface area contributed by atoms with Crippen LogP contribution in [0.25, 0.3) is 0 Å². The summed E-state index contributed by atoms with van der Waals surface area (Å²) in [6.45, 7) is 0.816. The summed E-state index contributed by atoms with van der Waals surface area (Å²) in [5.41, 5.74) is -1.45. The van der Waals surface area contributed by atoms with Gasteiger partial charge in [0.05, 0.1) is 24.9 Å². The number of anilines is 1. The number of carbonyl (C=O) groups is 3. The molecule has 0 fully saturated rings. The van der Waals surface area contributed by atoms with Gasteiger partial charge in [-0.15, -0.1) is 0 Å². The van der Waals surface area contributed by atoms with E-state index < -0.39 is 29.8 Å². The van der Waals surface area contributed by atoms with Gasteiger partial charge in [0.15, 0.2) is 5.60 Å². The highest BCUT2D eigenvalue weighted by Gasteiger charge is 2.42. The van der Waals surface area contributed by atoms with Crippen molar-refractivity contribution in [1.82, 2.24) is 0 Å². The second-order valence-electron chi connectivity index (χ2n) is 4.65. The number of nitrogens with zero attached hydrogens (tertiary/aromatic N) is 1. The number of β-amino-alcohol motifs (C(OH)–C–C–N with tert-alkyl or cyclic N) is 1. The molecule has 1 aromatic rings. The Kier molecular flexibility index (Phi) is 3.54. The number of rotatable bonds is 3. The van der Waals surface area contributed by atoms with Gasteiger partial charge in [-0.25, -0.2) is 4.79 Å². The van der Waals surface area contributed by atoms with Crippen LogP contribution in [-0.2, 0) is 14.3 Å². The molecular formula is C13H12ClNO5. The molecule has 106 valence electrons. The maximum atomic E-state index is 11.9. The van der Waals surface area contributed by atoms with Crippen LogP contribution in [0.2, 0.25) is 5.02 Å². The number of halogens is 1. The van der Waals surface area contributed by atoms with Crippen molar-refractivity contribution in [2.24, 2.45) is 0 Å². The standard InChI is InChI=1S/C13H12ClNO5/c1-13(19,12(18)20-2)6-15-9-5-7(14)3-4-8(9)10(16)11(15)17/h3-5,19H,6H2,1-2H3. The SMILES string of the molecule is COC(=O)C(C)(O)CN1C(=O)C(=O)c2ccc(Cl)cc21. The summed E-state index contributed by atoms with van der Waals surface area (Å²) in [5.74, 6) is -2.41. The number of esters is 1. The molecule has 1 aliphatic rings. The first-order chi connectivity index (χ1) is 9.27. The molecule has 0 aromatic heterocycles. The number of Topliss-reactive ketones (excluding diaryl/α,β-unsaturated/α-hetero) is 1. The minimum absolute atomic E-state index is 0.195. The number of benzene rings is 1. The third-order valence-electron chi connectivity index (χ3n) is 3.03. The lowest BCUT2D eigenvalue weighted by molar-refractivity contribution is -0.159. The van der Waals surface area contributed by atoms with Gasteiger partial charge in [0, 0.05) is 5.02 Å². The number of ether oxygens (including phenoxy) is 1. The molecule has 0 saturated carbocycles. The minimum Gasteiger partial charge on any atom is -0.467 e. The molecule has 0 bridgehead atoms. The molecule has 20 heavy (non-hydrogen) atoms. The largest absolute Gasteiger partial charge is 0.467 e. The van der Waals surface area contributed by atoms with Crippen LogP contribution >= 0.6 is 11.6 Å². The van der Waals surface area contributed by atoms with Gasteiger partial charge in [0.1, 0.15) is 0 Å². The maximum Gasteiger partial charge on any atom is 0.339 e. The van der Waals surface area contributed by atoms with Crippen LogP contribution in [0, 0.1) is 0 Å². The van der Waals surface area contributed by atoms with Crippen molar-refractivity contribution in [2.75, 3.05) is 18.6 Å². The zero-order chi connectivity index (χ0) is 15.1. The lowest BCUT2D eigenvalue weighted by Crippen LogP contribution is -2.49. The lowest BCUT2D eigenvalue weighted by Gasteiger charge is -2.26. The molecular weight excluding hydrogens is 286 g/mol. The fraction of sp³-hybridized carbons (Fsp3) is 0.308. The number of hydrogen-bond donors (Lipinski definition) is 1. The third-order valence-corrected chi connectivity index (χ3v) is 3.26. The first kappa shape index (κ1) is 14.5. The molecule has 1 aliphatic heterocycles. The highest BCUT2D eigenvalue weighted by molar-refractivity contribution is 6.52. The number of fused-ring (bicyclic) bond motifs is 1. The van der Waals surface area contributed by atoms with Gasteiger partial charge in [0.2, 0.25) is 0 Å². The number of hydrogen-bond acceptors (Lipinski definition) is 5. The van der Waals surface area contributed by atoms with E-state index in [1.165, 1.54) is 25.1 Å². The normalized spacial score (nSPS) is 16.9. The van der Waals surface area contributed by atoms with Gasteiger partial charge in [-0.2, -0.15) is 0 Å². The highest BCUT2D eigenvalue weighted by atomic mass is 35.5. The molecule has 6 nitrogen and oxygen atoms in total. The van der Waals surface area contributed by atoms with E-state index in [0.717, 1.165) is 12.0 Å². The summed E-state index contributed by atoms with van der Waals surface area (Å²) in [7, 11) is 1.12. The van der Waals surface area contributed by atoms with Gasteiger partial charge in [-0.3, -0.25) is 9.59 Å². The van der Waals surface area contributed by atoms with Gasteiger partial charge in [-0.05, 0) is 25.1 Å².